The highest BCUT2D eigenvalue weighted by molar-refractivity contribution is 9.10. The summed E-state index contributed by atoms with van der Waals surface area (Å²) in [6.45, 7) is 4.66. The molecule has 20 heavy (non-hydrogen) atoms. The third-order valence-corrected chi connectivity index (χ3v) is 5.14. The molecule has 3 aromatic rings. The van der Waals surface area contributed by atoms with Crippen molar-refractivity contribution in [3.05, 3.63) is 70.2 Å². The van der Waals surface area contributed by atoms with Crippen molar-refractivity contribution >= 4 is 26.7 Å². The first-order valence-electron chi connectivity index (χ1n) is 6.92. The topological polar surface area (TPSA) is 0 Å². The average molecular weight is 323 g/mol. The molecule has 0 N–H and O–H groups in total. The van der Waals surface area contributed by atoms with Crippen molar-refractivity contribution in [2.75, 3.05) is 0 Å². The van der Waals surface area contributed by atoms with Gasteiger partial charge < -0.3 is 0 Å². The minimum Gasteiger partial charge on any atom is -0.0616 e. The van der Waals surface area contributed by atoms with Crippen LogP contribution in [0.5, 0.6) is 0 Å². The van der Waals surface area contributed by atoms with Crippen molar-refractivity contribution < 1.29 is 0 Å². The number of fused-ring (bicyclic) bond motifs is 5. The first kappa shape index (κ1) is 12.2. The Kier molecular flexibility index (Phi) is 2.41. The predicted octanol–water partition coefficient (Wildman–Crippen LogP) is 5.91. The highest BCUT2D eigenvalue weighted by atomic mass is 79.9. The van der Waals surface area contributed by atoms with Gasteiger partial charge in [-0.1, -0.05) is 78.3 Å². The summed E-state index contributed by atoms with van der Waals surface area (Å²) < 4.78 is 1.21. The van der Waals surface area contributed by atoms with Crippen molar-refractivity contribution in [3.8, 4) is 11.1 Å². The van der Waals surface area contributed by atoms with Crippen LogP contribution in [0.2, 0.25) is 0 Å². The Balaban J connectivity index is 2.20. The van der Waals surface area contributed by atoms with Crippen LogP contribution in [-0.4, -0.2) is 0 Å². The second-order valence-electron chi connectivity index (χ2n) is 6.00. The summed E-state index contributed by atoms with van der Waals surface area (Å²) in [5.41, 5.74) is 5.64. The summed E-state index contributed by atoms with van der Waals surface area (Å²) >= 11 is 3.75. The molecule has 0 radical (unpaired) electrons. The molecule has 0 heterocycles. The van der Waals surface area contributed by atoms with Crippen molar-refractivity contribution in [1.29, 1.82) is 0 Å². The van der Waals surface area contributed by atoms with E-state index in [4.69, 9.17) is 0 Å². The average Bonchev–Trinajstić information content (AvgIpc) is 2.69. The molecule has 1 aliphatic carbocycles. The van der Waals surface area contributed by atoms with Gasteiger partial charge in [-0.25, -0.2) is 0 Å². The molecule has 98 valence electrons. The molecular formula is C19H15Br. The lowest BCUT2D eigenvalue weighted by Gasteiger charge is -2.24. The molecule has 0 spiro atoms. The van der Waals surface area contributed by atoms with Crippen molar-refractivity contribution in [2.45, 2.75) is 19.3 Å². The zero-order chi connectivity index (χ0) is 13.9. The van der Waals surface area contributed by atoms with E-state index >= 15 is 0 Å². The fourth-order valence-corrected chi connectivity index (χ4v) is 4.54. The summed E-state index contributed by atoms with van der Waals surface area (Å²) in [5.74, 6) is 0. The molecule has 0 atom stereocenters. The molecule has 0 aromatic heterocycles. The van der Waals surface area contributed by atoms with Crippen LogP contribution in [0, 0.1) is 0 Å². The van der Waals surface area contributed by atoms with Gasteiger partial charge in [0.1, 0.15) is 0 Å². The van der Waals surface area contributed by atoms with Gasteiger partial charge in [0.25, 0.3) is 0 Å². The van der Waals surface area contributed by atoms with Gasteiger partial charge in [0, 0.05) is 9.89 Å². The Labute approximate surface area is 127 Å². The van der Waals surface area contributed by atoms with Crippen LogP contribution in [0.3, 0.4) is 0 Å². The quantitative estimate of drug-likeness (QED) is 0.482. The Morgan fingerprint density at radius 2 is 1.50 bits per heavy atom. The van der Waals surface area contributed by atoms with Gasteiger partial charge in [-0.15, -0.1) is 0 Å². The molecular weight excluding hydrogens is 308 g/mol. The maximum absolute atomic E-state index is 3.75. The van der Waals surface area contributed by atoms with E-state index in [1.165, 1.54) is 37.5 Å². The second kappa shape index (κ2) is 3.95. The third kappa shape index (κ3) is 1.42. The van der Waals surface area contributed by atoms with E-state index in [-0.39, 0.29) is 5.41 Å². The zero-order valence-electron chi connectivity index (χ0n) is 11.6. The van der Waals surface area contributed by atoms with Crippen LogP contribution in [-0.2, 0) is 5.41 Å². The normalized spacial score (nSPS) is 15.2. The van der Waals surface area contributed by atoms with Crippen LogP contribution >= 0.6 is 15.9 Å². The summed E-state index contributed by atoms with van der Waals surface area (Å²) in [7, 11) is 0. The smallest absolute Gasteiger partial charge is 0.0222 e. The minimum atomic E-state index is 0.0334. The fraction of sp³-hybridized carbons (Fsp3) is 0.158. The van der Waals surface area contributed by atoms with E-state index in [0.717, 1.165) is 0 Å². The van der Waals surface area contributed by atoms with E-state index in [0.29, 0.717) is 0 Å². The molecule has 0 fully saturated rings. The summed E-state index contributed by atoms with van der Waals surface area (Å²) in [5, 5.41) is 2.70. The van der Waals surface area contributed by atoms with E-state index in [1.807, 2.05) is 0 Å². The maximum Gasteiger partial charge on any atom is 0.0222 e. The van der Waals surface area contributed by atoms with Gasteiger partial charge in [0.2, 0.25) is 0 Å². The van der Waals surface area contributed by atoms with Gasteiger partial charge in [-0.2, -0.15) is 0 Å². The van der Waals surface area contributed by atoms with Crippen LogP contribution in [0.15, 0.2) is 59.1 Å². The van der Waals surface area contributed by atoms with Crippen molar-refractivity contribution in [3.63, 3.8) is 0 Å². The van der Waals surface area contributed by atoms with E-state index < -0.39 is 0 Å². The van der Waals surface area contributed by atoms with Crippen LogP contribution in [0.25, 0.3) is 21.9 Å². The van der Waals surface area contributed by atoms with E-state index in [1.54, 1.807) is 0 Å². The number of benzene rings is 3. The lowest BCUT2D eigenvalue weighted by Crippen LogP contribution is -2.16. The number of hydrogen-bond donors (Lipinski definition) is 0. The van der Waals surface area contributed by atoms with Gasteiger partial charge in [0.15, 0.2) is 0 Å². The zero-order valence-corrected chi connectivity index (χ0v) is 13.2. The lowest BCUT2D eigenvalue weighted by atomic mass is 9.80. The Hall–Kier alpha value is -1.60. The summed E-state index contributed by atoms with van der Waals surface area (Å²) in [6, 6.07) is 19.7. The molecule has 0 aliphatic heterocycles. The van der Waals surface area contributed by atoms with E-state index in [2.05, 4.69) is 84.4 Å². The molecule has 0 saturated carbocycles. The lowest BCUT2D eigenvalue weighted by molar-refractivity contribution is 0.663. The molecule has 3 aromatic carbocycles. The van der Waals surface area contributed by atoms with Crippen LogP contribution in [0.1, 0.15) is 25.0 Å². The number of halogens is 1. The first-order chi connectivity index (χ1) is 9.60. The SMILES string of the molecule is CC1(C)c2c(Br)cccc2-c2ccc3ccccc3c21. The number of hydrogen-bond acceptors (Lipinski definition) is 0. The molecule has 1 heteroatoms. The monoisotopic (exact) mass is 322 g/mol. The van der Waals surface area contributed by atoms with Crippen molar-refractivity contribution in [1.82, 2.24) is 0 Å². The third-order valence-electron chi connectivity index (χ3n) is 4.48. The van der Waals surface area contributed by atoms with Gasteiger partial charge in [-0.3, -0.25) is 0 Å². The highest BCUT2D eigenvalue weighted by Crippen LogP contribution is 2.53. The van der Waals surface area contributed by atoms with Gasteiger partial charge in [-0.05, 0) is 39.1 Å². The standard InChI is InChI=1S/C19H15Br/c1-19(2)17-13-7-4-3-6-12(13)10-11-15(17)14-8-5-9-16(20)18(14)19/h3-11H,1-2H3. The second-order valence-corrected chi connectivity index (χ2v) is 6.85. The molecule has 0 bridgehead atoms. The first-order valence-corrected chi connectivity index (χ1v) is 7.71. The summed E-state index contributed by atoms with van der Waals surface area (Å²) in [6.07, 6.45) is 0. The van der Waals surface area contributed by atoms with E-state index in [9.17, 15) is 0 Å². The molecule has 1 aliphatic rings. The molecule has 4 rings (SSSR count). The van der Waals surface area contributed by atoms with Crippen LogP contribution in [0.4, 0.5) is 0 Å². The molecule has 0 saturated heterocycles. The Morgan fingerprint density at radius 1 is 0.750 bits per heavy atom. The van der Waals surface area contributed by atoms with Crippen LogP contribution < -0.4 is 0 Å². The fourth-order valence-electron chi connectivity index (χ4n) is 3.68. The molecule has 0 unspecified atom stereocenters. The predicted molar refractivity (Wildman–Crippen MR) is 89.2 cm³/mol. The summed E-state index contributed by atoms with van der Waals surface area (Å²) in [4.78, 5) is 0. The minimum absolute atomic E-state index is 0.0334. The Morgan fingerprint density at radius 3 is 2.35 bits per heavy atom. The highest BCUT2D eigenvalue weighted by Gasteiger charge is 2.38. The van der Waals surface area contributed by atoms with Gasteiger partial charge in [0.05, 0.1) is 0 Å². The molecule has 0 nitrogen and oxygen atoms in total. The number of rotatable bonds is 0. The van der Waals surface area contributed by atoms with Crippen molar-refractivity contribution in [2.24, 2.45) is 0 Å². The van der Waals surface area contributed by atoms with Gasteiger partial charge >= 0.3 is 0 Å². The Bertz CT molecular complexity index is 844. The maximum atomic E-state index is 3.75. The largest absolute Gasteiger partial charge is 0.0616 e. The molecule has 0 amide bonds.